The number of nitro benzene ring substituents is 1. The van der Waals surface area contributed by atoms with Crippen molar-refractivity contribution in [3.8, 4) is 0 Å². The van der Waals surface area contributed by atoms with Crippen LogP contribution in [-0.4, -0.2) is 35.5 Å². The molecular formula is C15H20N2O4. The van der Waals surface area contributed by atoms with Crippen LogP contribution in [0.5, 0.6) is 0 Å². The molecule has 6 heteroatoms. The van der Waals surface area contributed by atoms with E-state index in [1.54, 1.807) is 12.1 Å². The molecule has 21 heavy (non-hydrogen) atoms. The van der Waals surface area contributed by atoms with Gasteiger partial charge in [-0.15, -0.1) is 0 Å². The van der Waals surface area contributed by atoms with Crippen LogP contribution in [0.15, 0.2) is 24.3 Å². The van der Waals surface area contributed by atoms with Crippen molar-refractivity contribution in [1.29, 1.82) is 0 Å². The smallest absolute Gasteiger partial charge is 0.310 e. The van der Waals surface area contributed by atoms with Gasteiger partial charge < -0.3 is 4.74 Å². The zero-order valence-corrected chi connectivity index (χ0v) is 12.2. The minimum absolute atomic E-state index is 0.0857. The zero-order chi connectivity index (χ0) is 15.2. The summed E-state index contributed by atoms with van der Waals surface area (Å²) in [5.41, 5.74) is 1.00. The summed E-state index contributed by atoms with van der Waals surface area (Å²) in [4.78, 5) is 24.4. The van der Waals surface area contributed by atoms with Gasteiger partial charge in [-0.1, -0.05) is 12.1 Å². The van der Waals surface area contributed by atoms with Crippen LogP contribution in [0.4, 0.5) is 5.69 Å². The SMILES string of the molecule is CCOC(=O)C1CCCN(Cc2cccc([N+](=O)[O-])c2)C1. The lowest BCUT2D eigenvalue weighted by atomic mass is 9.97. The maximum absolute atomic E-state index is 11.8. The molecular weight excluding hydrogens is 272 g/mol. The van der Waals surface area contributed by atoms with E-state index in [1.807, 2.05) is 13.0 Å². The van der Waals surface area contributed by atoms with E-state index in [0.717, 1.165) is 24.9 Å². The van der Waals surface area contributed by atoms with Crippen molar-refractivity contribution < 1.29 is 14.5 Å². The minimum Gasteiger partial charge on any atom is -0.466 e. The quantitative estimate of drug-likeness (QED) is 0.473. The van der Waals surface area contributed by atoms with Gasteiger partial charge in [-0.3, -0.25) is 19.8 Å². The third-order valence-electron chi connectivity index (χ3n) is 3.65. The molecule has 1 aromatic carbocycles. The largest absolute Gasteiger partial charge is 0.466 e. The molecule has 1 saturated heterocycles. The van der Waals surface area contributed by atoms with E-state index < -0.39 is 0 Å². The highest BCUT2D eigenvalue weighted by Gasteiger charge is 2.26. The number of non-ortho nitro benzene ring substituents is 1. The average Bonchev–Trinajstić information content (AvgIpc) is 2.48. The highest BCUT2D eigenvalue weighted by molar-refractivity contribution is 5.72. The third kappa shape index (κ3) is 4.26. The Labute approximate surface area is 123 Å². The van der Waals surface area contributed by atoms with Gasteiger partial charge in [0, 0.05) is 25.2 Å². The summed E-state index contributed by atoms with van der Waals surface area (Å²) >= 11 is 0. The van der Waals surface area contributed by atoms with Crippen LogP contribution in [0.2, 0.25) is 0 Å². The molecule has 0 spiro atoms. The van der Waals surface area contributed by atoms with Gasteiger partial charge in [0.05, 0.1) is 17.4 Å². The molecule has 0 aliphatic carbocycles. The maximum atomic E-state index is 11.8. The van der Waals surface area contributed by atoms with E-state index in [9.17, 15) is 14.9 Å². The monoisotopic (exact) mass is 292 g/mol. The number of nitro groups is 1. The maximum Gasteiger partial charge on any atom is 0.310 e. The van der Waals surface area contributed by atoms with Gasteiger partial charge in [-0.2, -0.15) is 0 Å². The number of carbonyl (C=O) groups is 1. The van der Waals surface area contributed by atoms with E-state index in [-0.39, 0.29) is 22.5 Å². The lowest BCUT2D eigenvalue weighted by molar-refractivity contribution is -0.384. The number of hydrogen-bond donors (Lipinski definition) is 0. The minimum atomic E-state index is -0.388. The van der Waals surface area contributed by atoms with E-state index in [1.165, 1.54) is 6.07 Å². The Bertz CT molecular complexity index is 518. The molecule has 114 valence electrons. The van der Waals surface area contributed by atoms with Crippen LogP contribution >= 0.6 is 0 Å². The molecule has 2 rings (SSSR count). The van der Waals surface area contributed by atoms with Gasteiger partial charge in [-0.25, -0.2) is 0 Å². The van der Waals surface area contributed by atoms with Crippen molar-refractivity contribution >= 4 is 11.7 Å². The zero-order valence-electron chi connectivity index (χ0n) is 12.2. The Morgan fingerprint density at radius 1 is 1.52 bits per heavy atom. The first kappa shape index (κ1) is 15.4. The van der Waals surface area contributed by atoms with Crippen molar-refractivity contribution in [1.82, 2.24) is 4.90 Å². The van der Waals surface area contributed by atoms with Crippen LogP contribution in [-0.2, 0) is 16.1 Å². The number of ether oxygens (including phenoxy) is 1. The first-order chi connectivity index (χ1) is 10.1. The Kier molecular flexibility index (Phi) is 5.27. The summed E-state index contributed by atoms with van der Waals surface area (Å²) in [5, 5.41) is 10.8. The number of esters is 1. The average molecular weight is 292 g/mol. The molecule has 0 N–H and O–H groups in total. The second-order valence-electron chi connectivity index (χ2n) is 5.25. The molecule has 0 amide bonds. The molecule has 1 aliphatic heterocycles. The Morgan fingerprint density at radius 2 is 2.33 bits per heavy atom. The van der Waals surface area contributed by atoms with Crippen LogP contribution in [0.25, 0.3) is 0 Å². The van der Waals surface area contributed by atoms with E-state index >= 15 is 0 Å². The van der Waals surface area contributed by atoms with Crippen LogP contribution in [0, 0.1) is 16.0 Å². The molecule has 1 aliphatic rings. The van der Waals surface area contributed by atoms with Crippen molar-refractivity contribution in [2.75, 3.05) is 19.7 Å². The topological polar surface area (TPSA) is 72.7 Å². The molecule has 0 bridgehead atoms. The number of carbonyl (C=O) groups excluding carboxylic acids is 1. The lowest BCUT2D eigenvalue weighted by Crippen LogP contribution is -2.38. The standard InChI is InChI=1S/C15H20N2O4/c1-2-21-15(18)13-6-4-8-16(11-13)10-12-5-3-7-14(9-12)17(19)20/h3,5,7,9,13H,2,4,6,8,10-11H2,1H3. The molecule has 1 aromatic rings. The van der Waals surface area contributed by atoms with E-state index in [2.05, 4.69) is 4.90 Å². The summed E-state index contributed by atoms with van der Waals surface area (Å²) in [6.07, 6.45) is 1.79. The third-order valence-corrected chi connectivity index (χ3v) is 3.65. The molecule has 1 heterocycles. The Hall–Kier alpha value is -1.95. The first-order valence-corrected chi connectivity index (χ1v) is 7.22. The van der Waals surface area contributed by atoms with Crippen molar-refractivity contribution in [2.45, 2.75) is 26.3 Å². The summed E-state index contributed by atoms with van der Waals surface area (Å²) < 4.78 is 5.08. The second-order valence-corrected chi connectivity index (χ2v) is 5.25. The molecule has 0 radical (unpaired) electrons. The molecule has 0 saturated carbocycles. The first-order valence-electron chi connectivity index (χ1n) is 7.22. The number of benzene rings is 1. The number of nitrogens with zero attached hydrogens (tertiary/aromatic N) is 2. The highest BCUT2D eigenvalue weighted by atomic mass is 16.6. The lowest BCUT2D eigenvalue weighted by Gasteiger charge is -2.31. The van der Waals surface area contributed by atoms with Crippen molar-refractivity contribution in [3.63, 3.8) is 0 Å². The number of rotatable bonds is 5. The summed E-state index contributed by atoms with van der Waals surface area (Å²) in [5.74, 6) is -0.223. The molecule has 1 atom stereocenters. The predicted molar refractivity (Wildman–Crippen MR) is 77.7 cm³/mol. The fourth-order valence-corrected chi connectivity index (χ4v) is 2.68. The van der Waals surface area contributed by atoms with E-state index in [0.29, 0.717) is 19.7 Å². The fourth-order valence-electron chi connectivity index (χ4n) is 2.68. The van der Waals surface area contributed by atoms with Gasteiger partial charge in [0.25, 0.3) is 5.69 Å². The molecule has 1 fully saturated rings. The van der Waals surface area contributed by atoms with Gasteiger partial charge >= 0.3 is 5.97 Å². The van der Waals surface area contributed by atoms with Crippen molar-refractivity contribution in [2.24, 2.45) is 5.92 Å². The van der Waals surface area contributed by atoms with Gasteiger partial charge in [-0.05, 0) is 31.9 Å². The van der Waals surface area contributed by atoms with Gasteiger partial charge in [0.15, 0.2) is 0 Å². The molecule has 1 unspecified atom stereocenters. The number of hydrogen-bond acceptors (Lipinski definition) is 5. The summed E-state index contributed by atoms with van der Waals surface area (Å²) in [6.45, 7) is 4.39. The van der Waals surface area contributed by atoms with E-state index in [4.69, 9.17) is 4.74 Å². The fraction of sp³-hybridized carbons (Fsp3) is 0.533. The Morgan fingerprint density at radius 3 is 3.05 bits per heavy atom. The molecule has 6 nitrogen and oxygen atoms in total. The Balaban J connectivity index is 1.97. The van der Waals surface area contributed by atoms with Gasteiger partial charge in [0.2, 0.25) is 0 Å². The van der Waals surface area contributed by atoms with Gasteiger partial charge in [0.1, 0.15) is 0 Å². The van der Waals surface area contributed by atoms with Crippen LogP contribution in [0.1, 0.15) is 25.3 Å². The normalized spacial score (nSPS) is 19.2. The molecule has 0 aromatic heterocycles. The second kappa shape index (κ2) is 7.17. The van der Waals surface area contributed by atoms with Crippen molar-refractivity contribution in [3.05, 3.63) is 39.9 Å². The summed E-state index contributed by atoms with van der Waals surface area (Å²) in [6, 6.07) is 6.65. The number of piperidine rings is 1. The van der Waals surface area contributed by atoms with Crippen LogP contribution < -0.4 is 0 Å². The highest BCUT2D eigenvalue weighted by Crippen LogP contribution is 2.21. The van der Waals surface area contributed by atoms with Crippen LogP contribution in [0.3, 0.4) is 0 Å². The summed E-state index contributed by atoms with van der Waals surface area (Å²) in [7, 11) is 0. The predicted octanol–water partition coefficient (Wildman–Crippen LogP) is 2.37. The number of likely N-dealkylation sites (tertiary alicyclic amines) is 1.